The Morgan fingerprint density at radius 1 is 0.469 bits per heavy atom. The van der Waals surface area contributed by atoms with Crippen LogP contribution >= 0.6 is 7.14 Å². The molecule has 1 aliphatic heterocycles. The van der Waals surface area contributed by atoms with Gasteiger partial charge in [0.1, 0.15) is 0 Å². The number of nitrogens with zero attached hydrogens (tertiary/aromatic N) is 2. The molecule has 0 spiro atoms. The van der Waals surface area contributed by atoms with E-state index < -0.39 is 7.14 Å². The second-order valence-electron chi connectivity index (χ2n) is 12.7. The summed E-state index contributed by atoms with van der Waals surface area (Å²) in [4.78, 5) is 5.17. The smallest absolute Gasteiger partial charge is 0.172 e. The van der Waals surface area contributed by atoms with E-state index in [1.54, 1.807) is 0 Å². The maximum absolute atomic E-state index is 15.7. The first kappa shape index (κ1) is 28.0. The molecule has 1 atom stereocenters. The topological polar surface area (TPSA) is 34.9 Å². The van der Waals surface area contributed by atoms with Crippen LogP contribution in [-0.4, -0.2) is 9.55 Å². The molecule has 10 rings (SSSR count). The SMILES string of the molecule is O=P1(c2ccccc2)c2cc3c4ccccc4n(-c4cc(-c5ccccc5)nc(-c5ccccc5)c4)c3cc2-c2c1ccc1ccccc21. The second-order valence-corrected chi connectivity index (χ2v) is 15.4. The molecule has 3 heterocycles. The molecule has 0 bridgehead atoms. The van der Waals surface area contributed by atoms with Gasteiger partial charge in [-0.05, 0) is 52.7 Å². The summed E-state index contributed by atoms with van der Waals surface area (Å²) in [5.41, 5.74) is 9.26. The van der Waals surface area contributed by atoms with Gasteiger partial charge in [0.05, 0.1) is 28.1 Å². The van der Waals surface area contributed by atoms with Gasteiger partial charge in [-0.25, -0.2) is 4.98 Å². The van der Waals surface area contributed by atoms with Crippen LogP contribution in [0.4, 0.5) is 0 Å². The predicted molar refractivity (Wildman–Crippen MR) is 205 cm³/mol. The minimum absolute atomic E-state index is 0.863. The molecule has 1 unspecified atom stereocenters. The first-order valence-corrected chi connectivity index (χ1v) is 18.3. The molecule has 230 valence electrons. The third kappa shape index (κ3) is 4.16. The van der Waals surface area contributed by atoms with Gasteiger partial charge in [-0.15, -0.1) is 0 Å². The van der Waals surface area contributed by atoms with Crippen molar-refractivity contribution in [2.45, 2.75) is 0 Å². The van der Waals surface area contributed by atoms with Gasteiger partial charge in [-0.2, -0.15) is 0 Å². The Kier molecular flexibility index (Phi) is 6.15. The van der Waals surface area contributed by atoms with Gasteiger partial charge in [-0.3, -0.25) is 0 Å². The van der Waals surface area contributed by atoms with E-state index in [4.69, 9.17) is 4.98 Å². The van der Waals surface area contributed by atoms with Crippen LogP contribution in [0.5, 0.6) is 0 Å². The van der Waals surface area contributed by atoms with E-state index in [-0.39, 0.29) is 0 Å². The summed E-state index contributed by atoms with van der Waals surface area (Å²) in [5.74, 6) is 0. The van der Waals surface area contributed by atoms with Crippen LogP contribution in [0.25, 0.3) is 71.9 Å². The highest BCUT2D eigenvalue weighted by atomic mass is 31.2. The van der Waals surface area contributed by atoms with Crippen LogP contribution in [0, 0.1) is 0 Å². The van der Waals surface area contributed by atoms with Crippen molar-refractivity contribution in [1.29, 1.82) is 0 Å². The largest absolute Gasteiger partial charge is 0.309 e. The number of hydrogen-bond donors (Lipinski definition) is 0. The number of para-hydroxylation sites is 1. The van der Waals surface area contributed by atoms with E-state index in [1.807, 2.05) is 42.5 Å². The van der Waals surface area contributed by atoms with Gasteiger partial charge >= 0.3 is 0 Å². The maximum Gasteiger partial charge on any atom is 0.172 e. The molecule has 0 aliphatic carbocycles. The van der Waals surface area contributed by atoms with E-state index in [9.17, 15) is 0 Å². The van der Waals surface area contributed by atoms with E-state index in [1.165, 1.54) is 0 Å². The zero-order valence-corrected chi connectivity index (χ0v) is 27.4. The van der Waals surface area contributed by atoms with Crippen LogP contribution in [0.1, 0.15) is 0 Å². The summed E-state index contributed by atoms with van der Waals surface area (Å²) >= 11 is 0. The van der Waals surface area contributed by atoms with Gasteiger partial charge in [0.15, 0.2) is 7.14 Å². The van der Waals surface area contributed by atoms with E-state index >= 15 is 4.57 Å². The average molecular weight is 645 g/mol. The Morgan fingerprint density at radius 3 is 1.76 bits per heavy atom. The third-order valence-corrected chi connectivity index (χ3v) is 13.1. The fourth-order valence-electron chi connectivity index (χ4n) is 7.75. The molecule has 0 fully saturated rings. The quantitative estimate of drug-likeness (QED) is 0.179. The Balaban J connectivity index is 1.33. The summed E-state index contributed by atoms with van der Waals surface area (Å²) in [6.07, 6.45) is 0. The zero-order chi connectivity index (χ0) is 32.5. The Hall–Kier alpha value is -6.02. The lowest BCUT2D eigenvalue weighted by Crippen LogP contribution is -2.20. The molecule has 0 amide bonds. The van der Waals surface area contributed by atoms with Gasteiger partial charge in [0, 0.05) is 43.4 Å². The van der Waals surface area contributed by atoms with Crippen molar-refractivity contribution in [2.75, 3.05) is 0 Å². The summed E-state index contributed by atoms with van der Waals surface area (Å²) in [5, 5.41) is 7.16. The van der Waals surface area contributed by atoms with Crippen LogP contribution in [0.2, 0.25) is 0 Å². The van der Waals surface area contributed by atoms with Crippen molar-refractivity contribution >= 4 is 55.6 Å². The maximum atomic E-state index is 15.7. The molecule has 49 heavy (non-hydrogen) atoms. The number of fused-ring (bicyclic) bond motifs is 8. The number of rotatable bonds is 4. The van der Waals surface area contributed by atoms with E-state index in [0.29, 0.717) is 0 Å². The van der Waals surface area contributed by atoms with Crippen molar-refractivity contribution in [2.24, 2.45) is 0 Å². The van der Waals surface area contributed by atoms with Gasteiger partial charge < -0.3 is 9.13 Å². The first-order valence-electron chi connectivity index (χ1n) is 16.6. The zero-order valence-electron chi connectivity index (χ0n) is 26.5. The van der Waals surface area contributed by atoms with Crippen LogP contribution in [0.3, 0.4) is 0 Å². The molecule has 9 aromatic rings. The highest BCUT2D eigenvalue weighted by molar-refractivity contribution is 7.86. The molecular formula is C45H29N2OP. The van der Waals surface area contributed by atoms with Gasteiger partial charge in [-0.1, -0.05) is 140 Å². The summed E-state index contributed by atoms with van der Waals surface area (Å²) in [7, 11) is -3.17. The third-order valence-electron chi connectivity index (χ3n) is 9.97. The minimum atomic E-state index is -3.17. The predicted octanol–water partition coefficient (Wildman–Crippen LogP) is 10.3. The van der Waals surface area contributed by atoms with Gasteiger partial charge in [0.25, 0.3) is 0 Å². The molecule has 4 heteroatoms. The van der Waals surface area contributed by atoms with Crippen molar-refractivity contribution in [3.05, 3.63) is 176 Å². The molecule has 1 aliphatic rings. The van der Waals surface area contributed by atoms with Gasteiger partial charge in [0.2, 0.25) is 0 Å². The Labute approximate surface area is 284 Å². The lowest BCUT2D eigenvalue weighted by molar-refractivity contribution is 0.593. The molecule has 0 radical (unpaired) electrons. The van der Waals surface area contributed by atoms with E-state index in [2.05, 4.69) is 138 Å². The van der Waals surface area contributed by atoms with Crippen molar-refractivity contribution in [3.63, 3.8) is 0 Å². The Bertz CT molecular complexity index is 2730. The fourth-order valence-corrected chi connectivity index (χ4v) is 10.8. The van der Waals surface area contributed by atoms with E-state index in [0.717, 1.165) is 87.8 Å². The second kappa shape index (κ2) is 10.8. The molecule has 0 N–H and O–H groups in total. The molecule has 3 nitrogen and oxygen atoms in total. The number of benzene rings is 7. The van der Waals surface area contributed by atoms with Crippen molar-refractivity contribution in [1.82, 2.24) is 9.55 Å². The normalized spacial score (nSPS) is 15.1. The average Bonchev–Trinajstić information content (AvgIpc) is 3.64. The highest BCUT2D eigenvalue weighted by Gasteiger charge is 2.41. The number of aromatic nitrogens is 2. The summed E-state index contributed by atoms with van der Waals surface area (Å²) in [6, 6.07) is 60.9. The van der Waals surface area contributed by atoms with Crippen LogP contribution in [0.15, 0.2) is 176 Å². The first-order chi connectivity index (χ1) is 24.2. The molecule has 0 saturated heterocycles. The molecule has 2 aromatic heterocycles. The monoisotopic (exact) mass is 644 g/mol. The van der Waals surface area contributed by atoms with Crippen molar-refractivity contribution in [3.8, 4) is 39.3 Å². The van der Waals surface area contributed by atoms with Crippen molar-refractivity contribution < 1.29 is 4.57 Å². The van der Waals surface area contributed by atoms with Crippen LogP contribution < -0.4 is 15.9 Å². The molecule has 0 saturated carbocycles. The van der Waals surface area contributed by atoms with Crippen LogP contribution in [-0.2, 0) is 4.57 Å². The number of pyridine rings is 1. The molecular weight excluding hydrogens is 615 g/mol. The molecule has 7 aromatic carbocycles. The number of hydrogen-bond acceptors (Lipinski definition) is 2. The lowest BCUT2D eigenvalue weighted by atomic mass is 9.97. The standard InChI is InChI=1S/C45H29N2OP/c48-49(34-19-8-3-9-20-34)43-25-24-30-14-10-11-21-35(30)45(43)38-28-42-37(29-44(38)49)36-22-12-13-23-41(36)47(42)33-26-39(31-15-4-1-5-16-31)46-40(27-33)32-17-6-2-7-18-32/h1-29H. The lowest BCUT2D eigenvalue weighted by Gasteiger charge is -2.16. The highest BCUT2D eigenvalue weighted by Crippen LogP contribution is 2.55. The summed E-state index contributed by atoms with van der Waals surface area (Å²) in [6.45, 7) is 0. The fraction of sp³-hybridized carbons (Fsp3) is 0. The Morgan fingerprint density at radius 2 is 1.06 bits per heavy atom. The summed E-state index contributed by atoms with van der Waals surface area (Å²) < 4.78 is 18.1. The minimum Gasteiger partial charge on any atom is -0.309 e.